The summed E-state index contributed by atoms with van der Waals surface area (Å²) in [5.74, 6) is 0. The number of rotatable bonds is 1. The number of hydrogen-bond donors (Lipinski definition) is 2. The van der Waals surface area contributed by atoms with Crippen molar-refractivity contribution in [1.82, 2.24) is 0 Å². The average molecular weight is 208 g/mol. The van der Waals surface area contributed by atoms with Crippen LogP contribution in [0.5, 0.6) is 0 Å². The van der Waals surface area contributed by atoms with Crippen LogP contribution < -0.4 is 11.5 Å². The summed E-state index contributed by atoms with van der Waals surface area (Å²) in [7, 11) is 0. The molecule has 0 saturated carbocycles. The van der Waals surface area contributed by atoms with Crippen LogP contribution in [0, 0.1) is 0 Å². The van der Waals surface area contributed by atoms with Crippen LogP contribution in [0.25, 0.3) is 11.1 Å². The molecule has 4 N–H and O–H groups in total. The number of benzene rings is 2. The fourth-order valence-corrected chi connectivity index (χ4v) is 1.45. The molecule has 3 heteroatoms. The molecule has 72 valence electrons. The number of para-hydroxylation sites is 1. The first-order valence-corrected chi connectivity index (χ1v) is 4.48. The summed E-state index contributed by atoms with van der Waals surface area (Å²) in [5.41, 5.74) is 15.0. The van der Waals surface area contributed by atoms with Crippen LogP contribution in [0.2, 0.25) is 0 Å². The van der Waals surface area contributed by atoms with E-state index >= 15 is 0 Å². The Bertz CT molecular complexity index is 441. The van der Waals surface area contributed by atoms with Gasteiger partial charge in [-0.1, -0.05) is 42.5 Å². The second-order valence-electron chi connectivity index (χ2n) is 3.17. The Balaban J connectivity index is 0.00000112. The first-order valence-electron chi connectivity index (χ1n) is 4.48. The van der Waals surface area contributed by atoms with Gasteiger partial charge in [-0.3, -0.25) is 0 Å². The van der Waals surface area contributed by atoms with E-state index in [1.165, 1.54) is 0 Å². The van der Waals surface area contributed by atoms with Gasteiger partial charge < -0.3 is 11.5 Å². The second-order valence-corrected chi connectivity index (χ2v) is 3.17. The van der Waals surface area contributed by atoms with E-state index in [9.17, 15) is 0 Å². The van der Waals surface area contributed by atoms with Gasteiger partial charge in [0.15, 0.2) is 0 Å². The van der Waals surface area contributed by atoms with E-state index in [1.54, 1.807) is 0 Å². The van der Waals surface area contributed by atoms with Gasteiger partial charge in [-0.2, -0.15) is 0 Å². The predicted molar refractivity (Wildman–Crippen MR) is 67.9 cm³/mol. The fraction of sp³-hybridized carbons (Fsp3) is 0. The minimum absolute atomic E-state index is 0. The molecule has 2 rings (SSSR count). The summed E-state index contributed by atoms with van der Waals surface area (Å²) in [6, 6.07) is 15.7. The Morgan fingerprint density at radius 1 is 0.733 bits per heavy atom. The van der Waals surface area contributed by atoms with Crippen LogP contribution in [0.15, 0.2) is 48.5 Å². The van der Waals surface area contributed by atoms with Gasteiger partial charge in [0.05, 0.1) is 11.4 Å². The third kappa shape index (κ3) is 2.53. The van der Waals surface area contributed by atoms with Gasteiger partial charge in [0, 0.05) is 5.56 Å². The van der Waals surface area contributed by atoms with Gasteiger partial charge in [0.2, 0.25) is 0 Å². The molecule has 2 nitrogen and oxygen atoms in total. The van der Waals surface area contributed by atoms with Crippen molar-refractivity contribution in [3.05, 3.63) is 48.5 Å². The van der Waals surface area contributed by atoms with E-state index in [1.807, 2.05) is 48.5 Å². The number of hydrogen-bond acceptors (Lipinski definition) is 2. The van der Waals surface area contributed by atoms with Gasteiger partial charge >= 0.3 is 29.6 Å². The van der Waals surface area contributed by atoms with E-state index in [2.05, 4.69) is 0 Å². The van der Waals surface area contributed by atoms with Crippen molar-refractivity contribution in [2.45, 2.75) is 0 Å². The van der Waals surface area contributed by atoms with Crippen LogP contribution >= 0.6 is 0 Å². The first-order chi connectivity index (χ1) is 6.79. The summed E-state index contributed by atoms with van der Waals surface area (Å²) in [4.78, 5) is 0. The third-order valence-electron chi connectivity index (χ3n) is 2.22. The Labute approximate surface area is 112 Å². The SMILES string of the molecule is Nc1cccc(-c2ccccc2)c1N.[NaH]. The topological polar surface area (TPSA) is 52.0 Å². The molecule has 0 aromatic heterocycles. The van der Waals surface area contributed by atoms with Crippen molar-refractivity contribution >= 4 is 40.9 Å². The number of nitrogen functional groups attached to an aromatic ring is 2. The molecule has 0 atom stereocenters. The molecular weight excluding hydrogens is 195 g/mol. The normalized spacial score (nSPS) is 9.33. The quantitative estimate of drug-likeness (QED) is 0.555. The van der Waals surface area contributed by atoms with Crippen molar-refractivity contribution in [2.75, 3.05) is 11.5 Å². The Hall–Kier alpha value is -0.960. The summed E-state index contributed by atoms with van der Waals surface area (Å²) in [5, 5.41) is 0. The molecule has 0 bridgehead atoms. The molecule has 15 heavy (non-hydrogen) atoms. The second kappa shape index (κ2) is 5.21. The van der Waals surface area contributed by atoms with E-state index < -0.39 is 0 Å². The van der Waals surface area contributed by atoms with Gasteiger partial charge in [-0.05, 0) is 11.6 Å². The molecule has 0 amide bonds. The van der Waals surface area contributed by atoms with Crippen LogP contribution in [0.3, 0.4) is 0 Å². The summed E-state index contributed by atoms with van der Waals surface area (Å²) >= 11 is 0. The fourth-order valence-electron chi connectivity index (χ4n) is 1.45. The zero-order chi connectivity index (χ0) is 9.97. The molecule has 0 spiro atoms. The van der Waals surface area contributed by atoms with Crippen molar-refractivity contribution in [1.29, 1.82) is 0 Å². The average Bonchev–Trinajstić information content (AvgIpc) is 2.23. The third-order valence-corrected chi connectivity index (χ3v) is 2.22. The molecule has 0 saturated heterocycles. The summed E-state index contributed by atoms with van der Waals surface area (Å²) < 4.78 is 0. The predicted octanol–water partition coefficient (Wildman–Crippen LogP) is 1.87. The van der Waals surface area contributed by atoms with E-state index in [0.717, 1.165) is 11.1 Å². The van der Waals surface area contributed by atoms with E-state index in [4.69, 9.17) is 11.5 Å². The van der Waals surface area contributed by atoms with Crippen LogP contribution in [0.4, 0.5) is 11.4 Å². The van der Waals surface area contributed by atoms with Gasteiger partial charge in [-0.25, -0.2) is 0 Å². The van der Waals surface area contributed by atoms with Gasteiger partial charge in [0.1, 0.15) is 0 Å². The first kappa shape index (κ1) is 12.1. The number of nitrogens with two attached hydrogens (primary N) is 2. The van der Waals surface area contributed by atoms with E-state index in [-0.39, 0.29) is 29.6 Å². The molecule has 0 fully saturated rings. The maximum atomic E-state index is 5.89. The zero-order valence-electron chi connectivity index (χ0n) is 7.77. The molecule has 0 aliphatic heterocycles. The van der Waals surface area contributed by atoms with Crippen LogP contribution in [0.1, 0.15) is 0 Å². The molecule has 0 aliphatic rings. The van der Waals surface area contributed by atoms with Crippen LogP contribution in [-0.2, 0) is 0 Å². The van der Waals surface area contributed by atoms with Crippen molar-refractivity contribution < 1.29 is 0 Å². The van der Waals surface area contributed by atoms with E-state index in [0.29, 0.717) is 11.4 Å². The van der Waals surface area contributed by atoms with Crippen molar-refractivity contribution in [2.24, 2.45) is 0 Å². The Kier molecular flexibility index (Phi) is 4.21. The molecule has 0 aliphatic carbocycles. The summed E-state index contributed by atoms with van der Waals surface area (Å²) in [6.45, 7) is 0. The van der Waals surface area contributed by atoms with Crippen molar-refractivity contribution in [3.63, 3.8) is 0 Å². The Morgan fingerprint density at radius 2 is 1.40 bits per heavy atom. The maximum absolute atomic E-state index is 5.89. The van der Waals surface area contributed by atoms with Crippen molar-refractivity contribution in [3.8, 4) is 11.1 Å². The molecule has 2 aromatic carbocycles. The zero-order valence-corrected chi connectivity index (χ0v) is 7.77. The molecular formula is C12H13N2Na. The molecule has 0 unspecified atom stereocenters. The van der Waals surface area contributed by atoms with Crippen LogP contribution in [-0.4, -0.2) is 29.6 Å². The standard InChI is InChI=1S/C12H12N2.Na.H/c13-11-8-4-7-10(12(11)14)9-5-2-1-3-6-9;;/h1-8H,13-14H2;;. The molecule has 0 radical (unpaired) electrons. The molecule has 0 heterocycles. The number of anilines is 2. The minimum atomic E-state index is 0. The van der Waals surface area contributed by atoms with Gasteiger partial charge in [-0.15, -0.1) is 0 Å². The van der Waals surface area contributed by atoms with Gasteiger partial charge in [0.25, 0.3) is 0 Å². The monoisotopic (exact) mass is 208 g/mol. The molecule has 2 aromatic rings. The summed E-state index contributed by atoms with van der Waals surface area (Å²) in [6.07, 6.45) is 0. The Morgan fingerprint density at radius 3 is 2.07 bits per heavy atom.